The van der Waals surface area contributed by atoms with Crippen molar-refractivity contribution in [3.8, 4) is 0 Å². The normalized spacial score (nSPS) is 22.8. The third-order valence-corrected chi connectivity index (χ3v) is 5.24. The van der Waals surface area contributed by atoms with Gasteiger partial charge in [0.15, 0.2) is 0 Å². The number of fused-ring (bicyclic) bond motifs is 1. The van der Waals surface area contributed by atoms with E-state index < -0.39 is 17.8 Å². The molecular formula is C19H18F3N5O. The summed E-state index contributed by atoms with van der Waals surface area (Å²) in [7, 11) is 0. The highest BCUT2D eigenvalue weighted by atomic mass is 19.4. The first-order valence-electron chi connectivity index (χ1n) is 8.94. The minimum absolute atomic E-state index is 0.0435. The zero-order chi connectivity index (χ0) is 20.1. The number of rotatable bonds is 2. The number of alkyl halides is 3. The summed E-state index contributed by atoms with van der Waals surface area (Å²) in [5, 5.41) is 4.03. The van der Waals surface area contributed by atoms with Crippen LogP contribution in [0.4, 0.5) is 13.2 Å². The lowest BCUT2D eigenvalue weighted by Gasteiger charge is -2.26. The van der Waals surface area contributed by atoms with Crippen LogP contribution >= 0.6 is 0 Å². The average Bonchev–Trinajstić information content (AvgIpc) is 3.21. The van der Waals surface area contributed by atoms with Gasteiger partial charge in [0.1, 0.15) is 5.69 Å². The van der Waals surface area contributed by atoms with Gasteiger partial charge in [-0.05, 0) is 31.9 Å². The van der Waals surface area contributed by atoms with Crippen LogP contribution in [0.5, 0.6) is 0 Å². The molecule has 1 aliphatic rings. The van der Waals surface area contributed by atoms with E-state index >= 15 is 0 Å². The molecule has 9 heteroatoms. The van der Waals surface area contributed by atoms with Crippen LogP contribution in [0.2, 0.25) is 0 Å². The van der Waals surface area contributed by atoms with Crippen LogP contribution < -0.4 is 0 Å². The Balaban J connectivity index is 1.63. The lowest BCUT2D eigenvalue weighted by molar-refractivity contribution is -0.141. The monoisotopic (exact) mass is 389 g/mol. The summed E-state index contributed by atoms with van der Waals surface area (Å²) in [4.78, 5) is 22.2. The van der Waals surface area contributed by atoms with Crippen LogP contribution in [0.25, 0.3) is 5.78 Å². The summed E-state index contributed by atoms with van der Waals surface area (Å²) >= 11 is 0. The molecular weight excluding hydrogens is 371 g/mol. The van der Waals surface area contributed by atoms with Gasteiger partial charge < -0.3 is 4.90 Å². The second kappa shape index (κ2) is 6.57. The maximum Gasteiger partial charge on any atom is 0.433 e. The quantitative estimate of drug-likeness (QED) is 0.673. The van der Waals surface area contributed by atoms with Gasteiger partial charge in [-0.25, -0.2) is 9.50 Å². The molecule has 3 heterocycles. The molecule has 1 aliphatic heterocycles. The van der Waals surface area contributed by atoms with Crippen LogP contribution in [0, 0.1) is 0 Å². The Morgan fingerprint density at radius 2 is 1.82 bits per heavy atom. The van der Waals surface area contributed by atoms with Gasteiger partial charge in [0, 0.05) is 24.2 Å². The van der Waals surface area contributed by atoms with Crippen molar-refractivity contribution in [1.29, 1.82) is 0 Å². The van der Waals surface area contributed by atoms with E-state index in [-0.39, 0.29) is 29.6 Å². The predicted molar refractivity (Wildman–Crippen MR) is 94.7 cm³/mol. The molecule has 0 radical (unpaired) electrons. The molecule has 1 amide bonds. The van der Waals surface area contributed by atoms with Crippen molar-refractivity contribution in [3.63, 3.8) is 0 Å². The Labute approximate surface area is 159 Å². The smallest absolute Gasteiger partial charge is 0.330 e. The molecule has 3 unspecified atom stereocenters. The molecule has 3 atom stereocenters. The number of aromatic nitrogens is 4. The first-order chi connectivity index (χ1) is 13.3. The van der Waals surface area contributed by atoms with Crippen LogP contribution in [-0.2, 0) is 6.18 Å². The summed E-state index contributed by atoms with van der Waals surface area (Å²) in [6.07, 6.45) is -2.68. The highest BCUT2D eigenvalue weighted by Gasteiger charge is 2.41. The molecule has 28 heavy (non-hydrogen) atoms. The lowest BCUT2D eigenvalue weighted by atomic mass is 9.92. The predicted octanol–water partition coefficient (Wildman–Crippen LogP) is 3.55. The Bertz CT molecular complexity index is 1020. The van der Waals surface area contributed by atoms with Gasteiger partial charge in [-0.2, -0.15) is 18.2 Å². The number of likely N-dealkylation sites (tertiary alicyclic amines) is 1. The SMILES string of the molecule is CC1CC(c2ccccc2)C(C)N1C(=O)c1nc2nc(C(F)(F)F)ccn2n1. The van der Waals surface area contributed by atoms with Gasteiger partial charge >= 0.3 is 6.18 Å². The van der Waals surface area contributed by atoms with Gasteiger partial charge in [-0.15, -0.1) is 5.10 Å². The topological polar surface area (TPSA) is 63.4 Å². The number of halogens is 3. The number of carbonyl (C=O) groups excluding carboxylic acids is 1. The van der Waals surface area contributed by atoms with Crippen molar-refractivity contribution >= 4 is 11.7 Å². The van der Waals surface area contributed by atoms with Crippen LogP contribution in [0.1, 0.15) is 48.1 Å². The third-order valence-electron chi connectivity index (χ3n) is 5.24. The number of nitrogens with zero attached hydrogens (tertiary/aromatic N) is 5. The van der Waals surface area contributed by atoms with E-state index in [9.17, 15) is 18.0 Å². The molecule has 0 spiro atoms. The Morgan fingerprint density at radius 1 is 1.11 bits per heavy atom. The molecule has 0 N–H and O–H groups in total. The van der Waals surface area contributed by atoms with E-state index in [1.165, 1.54) is 0 Å². The second-order valence-electron chi connectivity index (χ2n) is 7.05. The number of amides is 1. The Hall–Kier alpha value is -2.97. The first kappa shape index (κ1) is 18.4. The first-order valence-corrected chi connectivity index (χ1v) is 8.94. The molecule has 0 aliphatic carbocycles. The van der Waals surface area contributed by atoms with Gasteiger partial charge in [-0.1, -0.05) is 30.3 Å². The maximum absolute atomic E-state index is 13.0. The fourth-order valence-electron chi connectivity index (χ4n) is 3.91. The molecule has 6 nitrogen and oxygen atoms in total. The molecule has 146 valence electrons. The Kier molecular flexibility index (Phi) is 4.32. The fourth-order valence-corrected chi connectivity index (χ4v) is 3.91. The minimum atomic E-state index is -4.58. The van der Waals surface area contributed by atoms with E-state index in [0.29, 0.717) is 0 Å². The molecule has 3 aromatic rings. The van der Waals surface area contributed by atoms with Crippen molar-refractivity contribution in [2.75, 3.05) is 0 Å². The highest BCUT2D eigenvalue weighted by molar-refractivity contribution is 5.91. The molecule has 0 bridgehead atoms. The zero-order valence-corrected chi connectivity index (χ0v) is 15.3. The van der Waals surface area contributed by atoms with E-state index in [0.717, 1.165) is 28.8 Å². The number of hydrogen-bond acceptors (Lipinski definition) is 4. The van der Waals surface area contributed by atoms with E-state index in [1.807, 2.05) is 44.2 Å². The van der Waals surface area contributed by atoms with Gasteiger partial charge in [-0.3, -0.25) is 4.79 Å². The molecule has 1 saturated heterocycles. The van der Waals surface area contributed by atoms with Crippen LogP contribution in [0.3, 0.4) is 0 Å². The lowest BCUT2D eigenvalue weighted by Crippen LogP contribution is -2.40. The highest BCUT2D eigenvalue weighted by Crippen LogP contribution is 2.37. The third kappa shape index (κ3) is 3.10. The van der Waals surface area contributed by atoms with Crippen molar-refractivity contribution in [2.45, 2.75) is 44.4 Å². The summed E-state index contributed by atoms with van der Waals surface area (Å²) in [6, 6.07) is 10.6. The number of hydrogen-bond donors (Lipinski definition) is 0. The van der Waals surface area contributed by atoms with Crippen LogP contribution in [-0.4, -0.2) is 42.5 Å². The van der Waals surface area contributed by atoms with Crippen LogP contribution in [0.15, 0.2) is 42.6 Å². The molecule has 0 saturated carbocycles. The van der Waals surface area contributed by atoms with E-state index in [4.69, 9.17) is 0 Å². The largest absolute Gasteiger partial charge is 0.433 e. The van der Waals surface area contributed by atoms with Gasteiger partial charge in [0.2, 0.25) is 5.82 Å². The zero-order valence-electron chi connectivity index (χ0n) is 15.3. The van der Waals surface area contributed by atoms with Crippen molar-refractivity contribution in [3.05, 3.63) is 59.7 Å². The van der Waals surface area contributed by atoms with Crippen molar-refractivity contribution < 1.29 is 18.0 Å². The molecule has 4 rings (SSSR count). The molecule has 1 fully saturated rings. The van der Waals surface area contributed by atoms with Crippen molar-refractivity contribution in [1.82, 2.24) is 24.5 Å². The maximum atomic E-state index is 13.0. The fraction of sp³-hybridized carbons (Fsp3) is 0.368. The summed E-state index contributed by atoms with van der Waals surface area (Å²) < 4.78 is 39.6. The Morgan fingerprint density at radius 3 is 2.50 bits per heavy atom. The summed E-state index contributed by atoms with van der Waals surface area (Å²) in [6.45, 7) is 3.92. The summed E-state index contributed by atoms with van der Waals surface area (Å²) in [5.74, 6) is -0.638. The molecule has 2 aromatic heterocycles. The number of carbonyl (C=O) groups is 1. The van der Waals surface area contributed by atoms with Gasteiger partial charge in [0.05, 0.1) is 0 Å². The van der Waals surface area contributed by atoms with E-state index in [1.54, 1.807) is 4.90 Å². The summed E-state index contributed by atoms with van der Waals surface area (Å²) in [5.41, 5.74) is 0.0787. The second-order valence-corrected chi connectivity index (χ2v) is 7.05. The van der Waals surface area contributed by atoms with Gasteiger partial charge in [0.25, 0.3) is 11.7 Å². The standard InChI is InChI=1S/C19H18F3N5O/c1-11-10-14(13-6-4-3-5-7-13)12(2)27(11)17(28)16-24-18-23-15(19(20,21)22)8-9-26(18)25-16/h3-9,11-12,14H,10H2,1-2H3. The van der Waals surface area contributed by atoms with E-state index in [2.05, 4.69) is 15.1 Å². The average molecular weight is 389 g/mol. The molecule has 1 aromatic carbocycles. The van der Waals surface area contributed by atoms with Crippen molar-refractivity contribution in [2.24, 2.45) is 0 Å². The minimum Gasteiger partial charge on any atom is -0.330 e. The number of benzene rings is 1.